The van der Waals surface area contributed by atoms with Gasteiger partial charge in [-0.3, -0.25) is 9.36 Å². The number of hydrogen-bond acceptors (Lipinski definition) is 8. The summed E-state index contributed by atoms with van der Waals surface area (Å²) in [5.41, 5.74) is 4.45. The van der Waals surface area contributed by atoms with E-state index in [1.807, 2.05) is 83.7 Å². The molecule has 1 atom stereocenters. The molecule has 244 valence electrons. The van der Waals surface area contributed by atoms with Crippen molar-refractivity contribution in [3.05, 3.63) is 140 Å². The maximum Gasteiger partial charge on any atom is 0.338 e. The van der Waals surface area contributed by atoms with Gasteiger partial charge in [-0.05, 0) is 73.5 Å². The van der Waals surface area contributed by atoms with E-state index >= 15 is 0 Å². The molecule has 0 unspecified atom stereocenters. The molecule has 0 bridgehead atoms. The van der Waals surface area contributed by atoms with Crippen LogP contribution in [0.25, 0.3) is 23.0 Å². The molecule has 0 aliphatic carbocycles. The van der Waals surface area contributed by atoms with E-state index in [1.54, 1.807) is 30.7 Å². The van der Waals surface area contributed by atoms with E-state index in [0.29, 0.717) is 38.7 Å². The number of benzene rings is 3. The zero-order valence-electron chi connectivity index (χ0n) is 27.1. The molecule has 1 aliphatic rings. The molecule has 48 heavy (non-hydrogen) atoms. The van der Waals surface area contributed by atoms with Crippen molar-refractivity contribution in [3.8, 4) is 28.4 Å². The summed E-state index contributed by atoms with van der Waals surface area (Å²) in [7, 11) is 1.59. The van der Waals surface area contributed by atoms with Gasteiger partial charge in [0.2, 0.25) is 0 Å². The fourth-order valence-electron chi connectivity index (χ4n) is 5.51. The third kappa shape index (κ3) is 6.65. The zero-order chi connectivity index (χ0) is 33.6. The quantitative estimate of drug-likeness (QED) is 0.0925. The second-order valence-corrected chi connectivity index (χ2v) is 12.2. The van der Waals surface area contributed by atoms with E-state index in [-0.39, 0.29) is 12.2 Å². The molecule has 0 amide bonds. The Labute approximate surface area is 282 Å². The number of ether oxygens (including phenoxy) is 3. The zero-order valence-corrected chi connectivity index (χ0v) is 27.9. The highest BCUT2D eigenvalue weighted by Gasteiger charge is 2.33. The largest absolute Gasteiger partial charge is 0.497 e. The third-order valence-corrected chi connectivity index (χ3v) is 8.93. The maximum atomic E-state index is 14.3. The maximum absolute atomic E-state index is 14.3. The van der Waals surface area contributed by atoms with Crippen molar-refractivity contribution in [2.75, 3.05) is 20.3 Å². The first kappa shape index (κ1) is 32.5. The lowest BCUT2D eigenvalue weighted by atomic mass is 9.96. The van der Waals surface area contributed by atoms with Crippen molar-refractivity contribution >= 4 is 23.4 Å². The lowest BCUT2D eigenvalue weighted by Gasteiger charge is -2.24. The van der Waals surface area contributed by atoms with Gasteiger partial charge in [-0.25, -0.2) is 14.5 Å². The van der Waals surface area contributed by atoms with Crippen LogP contribution in [0, 0.1) is 0 Å². The molecule has 2 aromatic heterocycles. The lowest BCUT2D eigenvalue weighted by Crippen LogP contribution is -2.39. The summed E-state index contributed by atoms with van der Waals surface area (Å²) in [6, 6.07) is 24.2. The van der Waals surface area contributed by atoms with Gasteiger partial charge in [0.15, 0.2) is 4.80 Å². The van der Waals surface area contributed by atoms with Crippen LogP contribution in [0.5, 0.6) is 11.5 Å². The fourth-order valence-corrected chi connectivity index (χ4v) is 6.55. The topological polar surface area (TPSA) is 96.9 Å². The van der Waals surface area contributed by atoms with Crippen molar-refractivity contribution in [3.63, 3.8) is 0 Å². The number of para-hydroxylation sites is 1. The first-order valence-corrected chi connectivity index (χ1v) is 16.6. The smallest absolute Gasteiger partial charge is 0.338 e. The number of nitrogens with zero attached hydrogens (tertiary/aromatic N) is 4. The molecule has 1 aliphatic heterocycles. The Kier molecular flexibility index (Phi) is 9.82. The Morgan fingerprint density at radius 1 is 1.02 bits per heavy atom. The number of aromatic nitrogens is 3. The number of fused-ring (bicyclic) bond motifs is 1. The highest BCUT2D eigenvalue weighted by molar-refractivity contribution is 7.07. The number of esters is 1. The Hall–Kier alpha value is -5.48. The Morgan fingerprint density at radius 3 is 2.44 bits per heavy atom. The Bertz CT molecular complexity index is 2140. The van der Waals surface area contributed by atoms with Gasteiger partial charge in [0.25, 0.3) is 5.56 Å². The van der Waals surface area contributed by atoms with Crippen LogP contribution in [0.15, 0.2) is 119 Å². The van der Waals surface area contributed by atoms with Crippen molar-refractivity contribution in [1.82, 2.24) is 14.3 Å². The molecule has 6 rings (SSSR count). The molecule has 5 aromatic rings. The summed E-state index contributed by atoms with van der Waals surface area (Å²) in [5.74, 6) is 0.895. The minimum Gasteiger partial charge on any atom is -0.497 e. The molecular weight excluding hydrogens is 625 g/mol. The summed E-state index contributed by atoms with van der Waals surface area (Å²) in [4.78, 5) is 32.9. The third-order valence-electron chi connectivity index (χ3n) is 7.95. The van der Waals surface area contributed by atoms with Gasteiger partial charge in [-0.15, -0.1) is 0 Å². The fraction of sp³-hybridized carbons (Fsp3) is 0.211. The van der Waals surface area contributed by atoms with Crippen LogP contribution in [0.1, 0.15) is 43.9 Å². The number of thiazole rings is 1. The van der Waals surface area contributed by atoms with Crippen LogP contribution in [-0.2, 0) is 9.53 Å². The molecule has 9 nitrogen and oxygen atoms in total. The molecule has 0 saturated carbocycles. The molecule has 0 spiro atoms. The molecule has 10 heteroatoms. The second-order valence-electron chi connectivity index (χ2n) is 11.2. The van der Waals surface area contributed by atoms with Crippen molar-refractivity contribution in [2.24, 2.45) is 4.99 Å². The predicted molar refractivity (Wildman–Crippen MR) is 187 cm³/mol. The molecular formula is C38H36N4O5S. The molecule has 0 saturated heterocycles. The molecule has 3 aromatic carbocycles. The van der Waals surface area contributed by atoms with Crippen LogP contribution in [0.4, 0.5) is 0 Å². The van der Waals surface area contributed by atoms with E-state index in [2.05, 4.69) is 13.5 Å². The molecule has 3 heterocycles. The van der Waals surface area contributed by atoms with Crippen molar-refractivity contribution < 1.29 is 19.0 Å². The first-order chi connectivity index (χ1) is 23.4. The SMILES string of the molecule is C=CCOC(=O)C1=C(C)N=c2s/c(=C/c3cn(-c4ccccc4)nc3-c3ccc(OCCCC)cc3)c(=O)n2[C@H]1c1ccc(OC)cc1. The summed E-state index contributed by atoms with van der Waals surface area (Å²) in [6.45, 7) is 8.24. The lowest BCUT2D eigenvalue weighted by molar-refractivity contribution is -0.138. The number of carbonyl (C=O) groups excluding carboxylic acids is 1. The second kappa shape index (κ2) is 14.5. The van der Waals surface area contributed by atoms with Crippen LogP contribution < -0.4 is 24.4 Å². The van der Waals surface area contributed by atoms with E-state index in [0.717, 1.165) is 41.0 Å². The van der Waals surface area contributed by atoms with Crippen molar-refractivity contribution in [2.45, 2.75) is 32.7 Å². The van der Waals surface area contributed by atoms with E-state index < -0.39 is 12.0 Å². The average molecular weight is 661 g/mol. The standard InChI is InChI=1S/C38H36N4O5S/c1-5-7-22-46-31-19-13-26(14-20-31)34-28(24-41(40-34)29-11-9-8-10-12-29)23-32-36(43)42-35(27-15-17-30(45-4)18-16-27)33(37(44)47-21-6-2)25(3)39-38(42)48-32/h6,8-20,23-24,35H,2,5,7,21-22H2,1,3-4H3/b32-23+/t35-/m0/s1. The summed E-state index contributed by atoms with van der Waals surface area (Å²) >= 11 is 1.26. The van der Waals surface area contributed by atoms with Gasteiger partial charge in [0.1, 0.15) is 23.8 Å². The summed E-state index contributed by atoms with van der Waals surface area (Å²) in [5, 5.41) is 4.95. The van der Waals surface area contributed by atoms with Crippen LogP contribution in [0.2, 0.25) is 0 Å². The number of methoxy groups -OCH3 is 1. The molecule has 0 N–H and O–H groups in total. The summed E-state index contributed by atoms with van der Waals surface area (Å²) in [6.07, 6.45) is 7.31. The van der Waals surface area contributed by atoms with Gasteiger partial charge >= 0.3 is 5.97 Å². The highest BCUT2D eigenvalue weighted by Crippen LogP contribution is 2.32. The molecule has 0 radical (unpaired) electrons. The summed E-state index contributed by atoms with van der Waals surface area (Å²) < 4.78 is 20.5. The van der Waals surface area contributed by atoms with Crippen molar-refractivity contribution in [1.29, 1.82) is 0 Å². The number of rotatable bonds is 12. The Morgan fingerprint density at radius 2 is 1.75 bits per heavy atom. The molecule has 0 fully saturated rings. The first-order valence-electron chi connectivity index (χ1n) is 15.7. The van der Waals surface area contributed by atoms with Crippen LogP contribution in [-0.4, -0.2) is 40.6 Å². The van der Waals surface area contributed by atoms with E-state index in [1.165, 1.54) is 17.4 Å². The van der Waals surface area contributed by atoms with Crippen LogP contribution in [0.3, 0.4) is 0 Å². The van der Waals surface area contributed by atoms with Gasteiger partial charge in [0.05, 0.1) is 41.2 Å². The number of allylic oxidation sites excluding steroid dienone is 1. The average Bonchev–Trinajstić information content (AvgIpc) is 3.67. The highest BCUT2D eigenvalue weighted by atomic mass is 32.1. The monoisotopic (exact) mass is 660 g/mol. The number of carbonyl (C=O) groups is 1. The van der Waals surface area contributed by atoms with Crippen LogP contribution >= 0.6 is 11.3 Å². The number of unbranched alkanes of at least 4 members (excludes halogenated alkanes) is 1. The van der Waals surface area contributed by atoms with Gasteiger partial charge in [-0.1, -0.05) is 67.7 Å². The van der Waals surface area contributed by atoms with E-state index in [9.17, 15) is 9.59 Å². The normalized spacial score (nSPS) is 14.3. The van der Waals surface area contributed by atoms with Gasteiger partial charge in [0, 0.05) is 17.3 Å². The number of hydrogen-bond donors (Lipinski definition) is 0. The van der Waals surface area contributed by atoms with E-state index in [4.69, 9.17) is 24.3 Å². The minimum absolute atomic E-state index is 0.0371. The predicted octanol–water partition coefficient (Wildman–Crippen LogP) is 6.00. The van der Waals surface area contributed by atoms with Gasteiger partial charge < -0.3 is 14.2 Å². The Balaban J connectivity index is 1.49. The van der Waals surface area contributed by atoms with Gasteiger partial charge in [-0.2, -0.15) is 5.10 Å². The minimum atomic E-state index is -0.751.